The summed E-state index contributed by atoms with van der Waals surface area (Å²) in [4.78, 5) is 23.3. The fraction of sp³-hybridized carbons (Fsp3) is 0.423. The molecule has 0 saturated carbocycles. The molecule has 4 rings (SSSR count). The first-order valence-corrected chi connectivity index (χ1v) is 13.6. The Kier molecular flexibility index (Phi) is 7.18. The molecule has 1 amide bonds. The lowest BCUT2D eigenvalue weighted by atomic mass is 10.1. The van der Waals surface area contributed by atoms with Gasteiger partial charge in [0.2, 0.25) is 5.89 Å². The van der Waals surface area contributed by atoms with Gasteiger partial charge in [-0.2, -0.15) is 0 Å². The Morgan fingerprint density at radius 2 is 1.78 bits per heavy atom. The van der Waals surface area contributed by atoms with E-state index in [0.717, 1.165) is 5.57 Å². The van der Waals surface area contributed by atoms with Gasteiger partial charge in [-0.1, -0.05) is 18.2 Å². The molecular weight excluding hydrogens is 494 g/mol. The van der Waals surface area contributed by atoms with E-state index in [1.54, 1.807) is 56.1 Å². The van der Waals surface area contributed by atoms with Crippen molar-refractivity contribution in [3.8, 4) is 22.8 Å². The number of carbonyl (C=O) groups excluding carboxylic acids is 1. The number of sulfone groups is 1. The molecule has 196 valence electrons. The Labute approximate surface area is 216 Å². The number of ether oxygens (including phenoxy) is 1. The monoisotopic (exact) mass is 525 g/mol. The van der Waals surface area contributed by atoms with Gasteiger partial charge in [-0.25, -0.2) is 18.2 Å². The van der Waals surface area contributed by atoms with E-state index in [9.17, 15) is 13.2 Å². The summed E-state index contributed by atoms with van der Waals surface area (Å²) in [5.41, 5.74) is 2.63. The van der Waals surface area contributed by atoms with Crippen molar-refractivity contribution in [1.29, 1.82) is 0 Å². The number of hydrogen-bond acceptors (Lipinski definition) is 9. The maximum Gasteiger partial charge on any atom is 0.410 e. The van der Waals surface area contributed by atoms with Crippen LogP contribution < -0.4 is 0 Å². The average Bonchev–Trinajstić information content (AvgIpc) is 3.33. The SMILES string of the molecule is Cc1ncc(-c2ccc(S(=O)(=O)C(C)C)cc2)nc1-c1nnc(C2=CCN(C(=O)OC(C)(C)C)CC2)o1. The molecule has 0 unspecified atom stereocenters. The number of carbonyl (C=O) groups is 1. The van der Waals surface area contributed by atoms with Crippen LogP contribution in [0.25, 0.3) is 28.4 Å². The average molecular weight is 526 g/mol. The van der Waals surface area contributed by atoms with Gasteiger partial charge in [0, 0.05) is 24.2 Å². The maximum atomic E-state index is 12.4. The third-order valence-electron chi connectivity index (χ3n) is 5.82. The van der Waals surface area contributed by atoms with Crippen LogP contribution in [-0.4, -0.2) is 63.5 Å². The summed E-state index contributed by atoms with van der Waals surface area (Å²) in [5, 5.41) is 7.87. The molecule has 2 aromatic heterocycles. The molecule has 1 aliphatic rings. The van der Waals surface area contributed by atoms with Crippen molar-refractivity contribution < 1.29 is 22.4 Å². The smallest absolute Gasteiger partial charge is 0.410 e. The lowest BCUT2D eigenvalue weighted by molar-refractivity contribution is 0.0270. The van der Waals surface area contributed by atoms with E-state index < -0.39 is 20.7 Å². The predicted octanol–water partition coefficient (Wildman–Crippen LogP) is 4.71. The van der Waals surface area contributed by atoms with Crippen LogP contribution in [0.4, 0.5) is 4.79 Å². The van der Waals surface area contributed by atoms with E-state index >= 15 is 0 Å². The van der Waals surface area contributed by atoms with Gasteiger partial charge in [0.05, 0.1) is 27.7 Å². The molecule has 37 heavy (non-hydrogen) atoms. The molecule has 0 spiro atoms. The quantitative estimate of drug-likeness (QED) is 0.465. The van der Waals surface area contributed by atoms with Crippen molar-refractivity contribution in [2.45, 2.75) is 63.7 Å². The van der Waals surface area contributed by atoms with Crippen molar-refractivity contribution in [1.82, 2.24) is 25.1 Å². The van der Waals surface area contributed by atoms with Gasteiger partial charge in [-0.3, -0.25) is 4.98 Å². The fourth-order valence-electron chi connectivity index (χ4n) is 3.68. The van der Waals surface area contributed by atoms with Gasteiger partial charge in [0.1, 0.15) is 11.3 Å². The van der Waals surface area contributed by atoms with Crippen LogP contribution in [0.15, 0.2) is 45.9 Å². The first-order valence-electron chi connectivity index (χ1n) is 12.0. The first kappa shape index (κ1) is 26.5. The zero-order valence-corrected chi connectivity index (χ0v) is 22.7. The number of amides is 1. The molecule has 1 aromatic carbocycles. The van der Waals surface area contributed by atoms with E-state index in [1.807, 2.05) is 26.8 Å². The Balaban J connectivity index is 1.53. The standard InChI is InChI=1S/C26H31N5O5S/c1-16(2)37(33,34)20-9-7-18(8-10-20)21-15-27-17(3)22(28-21)24-30-29-23(35-24)19-11-13-31(14-12-19)25(32)36-26(4,5)6/h7-11,15-16H,12-14H2,1-6H3. The number of aryl methyl sites for hydroxylation is 1. The number of aromatic nitrogens is 4. The Morgan fingerprint density at radius 3 is 2.38 bits per heavy atom. The van der Waals surface area contributed by atoms with Crippen molar-refractivity contribution in [2.24, 2.45) is 0 Å². The molecule has 3 heterocycles. The molecule has 1 aliphatic heterocycles. The van der Waals surface area contributed by atoms with Crippen LogP contribution in [0.2, 0.25) is 0 Å². The molecule has 0 atom stereocenters. The highest BCUT2D eigenvalue weighted by Gasteiger charge is 2.26. The number of hydrogen-bond donors (Lipinski definition) is 0. The number of rotatable bonds is 5. The highest BCUT2D eigenvalue weighted by atomic mass is 32.2. The van der Waals surface area contributed by atoms with E-state index in [-0.39, 0.29) is 16.9 Å². The predicted molar refractivity (Wildman–Crippen MR) is 138 cm³/mol. The van der Waals surface area contributed by atoms with Gasteiger partial charge < -0.3 is 14.1 Å². The Bertz CT molecular complexity index is 1440. The van der Waals surface area contributed by atoms with Gasteiger partial charge in [0.15, 0.2) is 9.84 Å². The molecule has 3 aromatic rings. The third kappa shape index (κ3) is 5.87. The van der Waals surface area contributed by atoms with E-state index in [4.69, 9.17) is 9.15 Å². The Hall–Kier alpha value is -3.60. The number of benzene rings is 1. The van der Waals surface area contributed by atoms with Crippen molar-refractivity contribution in [2.75, 3.05) is 13.1 Å². The van der Waals surface area contributed by atoms with Crippen LogP contribution in [0.3, 0.4) is 0 Å². The largest absolute Gasteiger partial charge is 0.444 e. The van der Waals surface area contributed by atoms with Crippen LogP contribution in [0, 0.1) is 6.92 Å². The molecule has 0 radical (unpaired) electrons. The summed E-state index contributed by atoms with van der Waals surface area (Å²) < 4.78 is 36.2. The summed E-state index contributed by atoms with van der Waals surface area (Å²) in [5.74, 6) is 0.602. The van der Waals surface area contributed by atoms with Gasteiger partial charge in [-0.15, -0.1) is 10.2 Å². The van der Waals surface area contributed by atoms with Crippen LogP contribution in [-0.2, 0) is 14.6 Å². The van der Waals surface area contributed by atoms with Crippen LogP contribution in [0.5, 0.6) is 0 Å². The van der Waals surface area contributed by atoms with Gasteiger partial charge >= 0.3 is 6.09 Å². The van der Waals surface area contributed by atoms with Crippen molar-refractivity contribution in [3.05, 3.63) is 48.1 Å². The second-order valence-corrected chi connectivity index (χ2v) is 12.6. The van der Waals surface area contributed by atoms with Gasteiger partial charge in [0.25, 0.3) is 5.89 Å². The van der Waals surface area contributed by atoms with E-state index in [1.165, 1.54) is 0 Å². The highest BCUT2D eigenvalue weighted by molar-refractivity contribution is 7.92. The maximum absolute atomic E-state index is 12.4. The number of nitrogens with zero attached hydrogens (tertiary/aromatic N) is 5. The van der Waals surface area contributed by atoms with Crippen molar-refractivity contribution >= 4 is 21.5 Å². The minimum Gasteiger partial charge on any atom is -0.444 e. The third-order valence-corrected chi connectivity index (χ3v) is 7.99. The second kappa shape index (κ2) is 10.0. The van der Waals surface area contributed by atoms with E-state index in [2.05, 4.69) is 20.2 Å². The lowest BCUT2D eigenvalue weighted by Crippen LogP contribution is -2.39. The molecule has 0 fully saturated rings. The molecule has 10 nitrogen and oxygen atoms in total. The second-order valence-electron chi connectivity index (χ2n) is 10.1. The summed E-state index contributed by atoms with van der Waals surface area (Å²) in [6, 6.07) is 6.57. The van der Waals surface area contributed by atoms with Crippen LogP contribution >= 0.6 is 0 Å². The summed E-state index contributed by atoms with van der Waals surface area (Å²) in [7, 11) is -3.36. The zero-order valence-electron chi connectivity index (χ0n) is 21.8. The lowest BCUT2D eigenvalue weighted by Gasteiger charge is -2.28. The molecule has 0 aliphatic carbocycles. The summed E-state index contributed by atoms with van der Waals surface area (Å²) in [6.07, 6.45) is 3.70. The highest BCUT2D eigenvalue weighted by Crippen LogP contribution is 2.28. The van der Waals surface area contributed by atoms with Crippen LogP contribution in [0.1, 0.15) is 52.6 Å². The summed E-state index contributed by atoms with van der Waals surface area (Å²) in [6.45, 7) is 11.5. The normalized spacial score (nSPS) is 14.6. The molecular formula is C26H31N5O5S. The topological polar surface area (TPSA) is 128 Å². The molecule has 0 bridgehead atoms. The molecule has 0 saturated heterocycles. The van der Waals surface area contributed by atoms with Gasteiger partial charge in [-0.05, 0) is 60.1 Å². The molecule has 0 N–H and O–H groups in total. The first-order chi connectivity index (χ1) is 17.3. The van der Waals surface area contributed by atoms with Crippen molar-refractivity contribution in [3.63, 3.8) is 0 Å². The molecule has 11 heteroatoms. The summed E-state index contributed by atoms with van der Waals surface area (Å²) >= 11 is 0. The zero-order chi connectivity index (χ0) is 27.0. The minimum absolute atomic E-state index is 0.233. The van der Waals surface area contributed by atoms with E-state index in [0.29, 0.717) is 48.0 Å². The fourth-order valence-corrected chi connectivity index (χ4v) is 4.74. The Morgan fingerprint density at radius 1 is 1.11 bits per heavy atom. The minimum atomic E-state index is -3.36.